The van der Waals surface area contributed by atoms with Crippen molar-refractivity contribution >= 4 is 12.0 Å². The van der Waals surface area contributed by atoms with Crippen LogP contribution in [0.25, 0.3) is 0 Å². The van der Waals surface area contributed by atoms with Crippen molar-refractivity contribution in [2.24, 2.45) is 0 Å². The number of nitrogens with one attached hydrogen (secondary N) is 1. The van der Waals surface area contributed by atoms with Crippen molar-refractivity contribution in [3.05, 3.63) is 53.6 Å². The maximum absolute atomic E-state index is 10.9. The second kappa shape index (κ2) is 5.36. The zero-order valence-corrected chi connectivity index (χ0v) is 10.4. The number of para-hydroxylation sites is 1. The standard InChI is InChI=1S/C15H15NO2/c1-11-7-8-15(13(9-11)16-2)18-14-6-4-3-5-12(14)10-17/h3-10,16H,1-2H3. The molecule has 0 aliphatic rings. The number of aryl methyl sites for hydroxylation is 1. The van der Waals surface area contributed by atoms with Crippen LogP contribution in [-0.2, 0) is 0 Å². The SMILES string of the molecule is CNc1cc(C)ccc1Oc1ccccc1C=O. The number of anilines is 1. The quantitative estimate of drug-likeness (QED) is 0.830. The third-order valence-electron chi connectivity index (χ3n) is 2.67. The van der Waals surface area contributed by atoms with Gasteiger partial charge in [-0.05, 0) is 36.8 Å². The van der Waals surface area contributed by atoms with Crippen molar-refractivity contribution in [1.29, 1.82) is 0 Å². The number of hydrogen-bond donors (Lipinski definition) is 1. The largest absolute Gasteiger partial charge is 0.454 e. The van der Waals surface area contributed by atoms with Gasteiger partial charge in [0.15, 0.2) is 12.0 Å². The predicted molar refractivity (Wildman–Crippen MR) is 72.6 cm³/mol. The molecule has 0 spiro atoms. The lowest BCUT2D eigenvalue weighted by Crippen LogP contribution is -1.95. The van der Waals surface area contributed by atoms with Gasteiger partial charge in [0.2, 0.25) is 0 Å². The normalized spacial score (nSPS) is 9.89. The molecule has 2 aromatic carbocycles. The molecule has 2 rings (SSSR count). The van der Waals surface area contributed by atoms with E-state index in [9.17, 15) is 4.79 Å². The summed E-state index contributed by atoms with van der Waals surface area (Å²) >= 11 is 0. The minimum absolute atomic E-state index is 0.542. The zero-order chi connectivity index (χ0) is 13.0. The highest BCUT2D eigenvalue weighted by Crippen LogP contribution is 2.31. The van der Waals surface area contributed by atoms with Crippen LogP contribution in [0.15, 0.2) is 42.5 Å². The number of ether oxygens (including phenoxy) is 1. The molecule has 0 aliphatic heterocycles. The molecule has 0 unspecified atom stereocenters. The molecule has 0 saturated heterocycles. The summed E-state index contributed by atoms with van der Waals surface area (Å²) in [5.74, 6) is 1.27. The van der Waals surface area contributed by atoms with Crippen LogP contribution in [0.3, 0.4) is 0 Å². The molecule has 3 heteroatoms. The maximum atomic E-state index is 10.9. The highest BCUT2D eigenvalue weighted by atomic mass is 16.5. The Bertz CT molecular complexity index is 564. The van der Waals surface area contributed by atoms with Crippen molar-refractivity contribution < 1.29 is 9.53 Å². The maximum Gasteiger partial charge on any atom is 0.153 e. The van der Waals surface area contributed by atoms with Gasteiger partial charge in [0.25, 0.3) is 0 Å². The summed E-state index contributed by atoms with van der Waals surface area (Å²) in [6, 6.07) is 13.0. The molecule has 18 heavy (non-hydrogen) atoms. The molecule has 0 aliphatic carbocycles. The lowest BCUT2D eigenvalue weighted by Gasteiger charge is -2.12. The first-order valence-corrected chi connectivity index (χ1v) is 5.75. The van der Waals surface area contributed by atoms with Gasteiger partial charge in [0, 0.05) is 7.05 Å². The zero-order valence-electron chi connectivity index (χ0n) is 10.4. The molecule has 2 aromatic rings. The van der Waals surface area contributed by atoms with Crippen molar-refractivity contribution in [3.63, 3.8) is 0 Å². The molecule has 0 atom stereocenters. The van der Waals surface area contributed by atoms with E-state index in [2.05, 4.69) is 5.32 Å². The smallest absolute Gasteiger partial charge is 0.153 e. The number of rotatable bonds is 4. The Balaban J connectivity index is 2.36. The van der Waals surface area contributed by atoms with Crippen LogP contribution in [0, 0.1) is 6.92 Å². The number of carbonyl (C=O) groups is 1. The lowest BCUT2D eigenvalue weighted by atomic mass is 10.2. The first kappa shape index (κ1) is 12.2. The molecule has 92 valence electrons. The third kappa shape index (κ3) is 2.51. The summed E-state index contributed by atoms with van der Waals surface area (Å²) in [5, 5.41) is 3.08. The molecule has 3 nitrogen and oxygen atoms in total. The van der Waals surface area contributed by atoms with E-state index in [0.29, 0.717) is 17.1 Å². The monoisotopic (exact) mass is 241 g/mol. The van der Waals surface area contributed by atoms with Gasteiger partial charge < -0.3 is 10.1 Å². The Labute approximate surface area is 106 Å². The van der Waals surface area contributed by atoms with Gasteiger partial charge in [-0.1, -0.05) is 18.2 Å². The molecule has 0 radical (unpaired) electrons. The molecule has 0 saturated carbocycles. The van der Waals surface area contributed by atoms with Gasteiger partial charge in [0.05, 0.1) is 11.3 Å². The Kier molecular flexibility index (Phi) is 3.63. The summed E-state index contributed by atoms with van der Waals surface area (Å²) in [7, 11) is 1.84. The lowest BCUT2D eigenvalue weighted by molar-refractivity contribution is 0.112. The fourth-order valence-corrected chi connectivity index (χ4v) is 1.72. The first-order chi connectivity index (χ1) is 8.74. The van der Waals surface area contributed by atoms with Gasteiger partial charge in [-0.15, -0.1) is 0 Å². The van der Waals surface area contributed by atoms with Crippen molar-refractivity contribution in [2.45, 2.75) is 6.92 Å². The fraction of sp³-hybridized carbons (Fsp3) is 0.133. The van der Waals surface area contributed by atoms with E-state index in [0.717, 1.165) is 17.5 Å². The summed E-state index contributed by atoms with van der Waals surface area (Å²) in [4.78, 5) is 10.9. The fourth-order valence-electron chi connectivity index (χ4n) is 1.72. The van der Waals surface area contributed by atoms with Crippen LogP contribution in [0.2, 0.25) is 0 Å². The summed E-state index contributed by atoms with van der Waals surface area (Å²) in [6.07, 6.45) is 0.794. The van der Waals surface area contributed by atoms with E-state index in [1.54, 1.807) is 12.1 Å². The van der Waals surface area contributed by atoms with Crippen LogP contribution in [0.1, 0.15) is 15.9 Å². The van der Waals surface area contributed by atoms with E-state index in [1.807, 2.05) is 44.3 Å². The van der Waals surface area contributed by atoms with E-state index < -0.39 is 0 Å². The van der Waals surface area contributed by atoms with Crippen LogP contribution < -0.4 is 10.1 Å². The number of hydrogen-bond acceptors (Lipinski definition) is 3. The highest BCUT2D eigenvalue weighted by Gasteiger charge is 2.07. The molecule has 0 bridgehead atoms. The van der Waals surface area contributed by atoms with Crippen molar-refractivity contribution in [2.75, 3.05) is 12.4 Å². The second-order valence-corrected chi connectivity index (χ2v) is 4.01. The molecule has 0 fully saturated rings. The van der Waals surface area contributed by atoms with Gasteiger partial charge in [-0.25, -0.2) is 0 Å². The Hall–Kier alpha value is -2.29. The number of carbonyl (C=O) groups excluding carboxylic acids is 1. The molecule has 0 heterocycles. The van der Waals surface area contributed by atoms with E-state index >= 15 is 0 Å². The average molecular weight is 241 g/mol. The first-order valence-electron chi connectivity index (χ1n) is 5.75. The number of aldehydes is 1. The Morgan fingerprint density at radius 2 is 1.89 bits per heavy atom. The van der Waals surface area contributed by atoms with Crippen LogP contribution >= 0.6 is 0 Å². The van der Waals surface area contributed by atoms with E-state index in [1.165, 1.54) is 0 Å². The van der Waals surface area contributed by atoms with Crippen molar-refractivity contribution in [1.82, 2.24) is 0 Å². The topological polar surface area (TPSA) is 38.3 Å². The molecule has 0 aromatic heterocycles. The molecule has 1 N–H and O–H groups in total. The minimum atomic E-state index is 0.542. The average Bonchev–Trinajstić information content (AvgIpc) is 2.41. The summed E-state index contributed by atoms with van der Waals surface area (Å²) < 4.78 is 5.78. The van der Waals surface area contributed by atoms with Crippen molar-refractivity contribution in [3.8, 4) is 11.5 Å². The van der Waals surface area contributed by atoms with E-state index in [4.69, 9.17) is 4.74 Å². The van der Waals surface area contributed by atoms with Crippen LogP contribution in [0.4, 0.5) is 5.69 Å². The van der Waals surface area contributed by atoms with Gasteiger partial charge in [0.1, 0.15) is 5.75 Å². The number of benzene rings is 2. The molecular weight excluding hydrogens is 226 g/mol. The third-order valence-corrected chi connectivity index (χ3v) is 2.67. The second-order valence-electron chi connectivity index (χ2n) is 4.01. The van der Waals surface area contributed by atoms with Gasteiger partial charge in [-0.2, -0.15) is 0 Å². The highest BCUT2D eigenvalue weighted by molar-refractivity contribution is 5.79. The minimum Gasteiger partial charge on any atom is -0.454 e. The Morgan fingerprint density at radius 1 is 1.11 bits per heavy atom. The van der Waals surface area contributed by atoms with Crippen LogP contribution in [0.5, 0.6) is 11.5 Å². The predicted octanol–water partition coefficient (Wildman–Crippen LogP) is 3.64. The van der Waals surface area contributed by atoms with E-state index in [-0.39, 0.29) is 0 Å². The molecule has 0 amide bonds. The Morgan fingerprint density at radius 3 is 2.61 bits per heavy atom. The summed E-state index contributed by atoms with van der Waals surface area (Å²) in [5.41, 5.74) is 2.59. The van der Waals surface area contributed by atoms with Gasteiger partial charge >= 0.3 is 0 Å². The molecular formula is C15H15NO2. The van der Waals surface area contributed by atoms with Gasteiger partial charge in [-0.3, -0.25) is 4.79 Å². The van der Waals surface area contributed by atoms with Crippen LogP contribution in [-0.4, -0.2) is 13.3 Å². The summed E-state index contributed by atoms with van der Waals surface area (Å²) in [6.45, 7) is 2.02.